The maximum Gasteiger partial charge on any atom is 0.269 e. The van der Waals surface area contributed by atoms with E-state index < -0.39 is 5.91 Å². The number of aryl methyl sites for hydroxylation is 1. The van der Waals surface area contributed by atoms with Crippen LogP contribution in [0.1, 0.15) is 37.1 Å². The van der Waals surface area contributed by atoms with Crippen LogP contribution in [0.15, 0.2) is 30.6 Å². The molecule has 0 aliphatic carbocycles. The van der Waals surface area contributed by atoms with Crippen LogP contribution in [0.5, 0.6) is 0 Å². The van der Waals surface area contributed by atoms with Crippen LogP contribution in [-0.4, -0.2) is 25.7 Å². The lowest BCUT2D eigenvalue weighted by Crippen LogP contribution is -2.24. The van der Waals surface area contributed by atoms with Crippen LogP contribution in [-0.2, 0) is 5.54 Å². The van der Waals surface area contributed by atoms with Gasteiger partial charge in [-0.25, -0.2) is 9.97 Å². The number of rotatable bonds is 2. The zero-order chi connectivity index (χ0) is 16.8. The highest BCUT2D eigenvalue weighted by Crippen LogP contribution is 2.29. The number of benzene rings is 1. The first-order valence-electron chi connectivity index (χ1n) is 7.39. The molecule has 118 valence electrons. The molecule has 0 unspecified atom stereocenters. The summed E-state index contributed by atoms with van der Waals surface area (Å²) in [4.78, 5) is 20.2. The third-order valence-corrected chi connectivity index (χ3v) is 3.66. The molecule has 0 aliphatic rings. The maximum atomic E-state index is 11.8. The SMILES string of the molecule is Cc1ncc(-c2ccc3c(c2)c(C(N)=O)nn3C(C)(C)C)cn1. The molecular formula is C17H19N5O. The third kappa shape index (κ3) is 2.67. The van der Waals surface area contributed by atoms with Gasteiger partial charge in [0.05, 0.1) is 11.1 Å². The molecule has 0 bridgehead atoms. The topological polar surface area (TPSA) is 86.7 Å². The molecule has 2 heterocycles. The molecule has 6 heteroatoms. The van der Waals surface area contributed by atoms with E-state index in [1.165, 1.54) is 0 Å². The molecule has 0 atom stereocenters. The van der Waals surface area contributed by atoms with Gasteiger partial charge in [-0.1, -0.05) is 6.07 Å². The second-order valence-electron chi connectivity index (χ2n) is 6.55. The highest BCUT2D eigenvalue weighted by molar-refractivity contribution is 6.05. The minimum absolute atomic E-state index is 0.250. The van der Waals surface area contributed by atoms with E-state index in [1.807, 2.05) is 50.6 Å². The summed E-state index contributed by atoms with van der Waals surface area (Å²) < 4.78 is 1.83. The van der Waals surface area contributed by atoms with E-state index in [0.717, 1.165) is 22.0 Å². The number of fused-ring (bicyclic) bond motifs is 1. The van der Waals surface area contributed by atoms with Gasteiger partial charge >= 0.3 is 0 Å². The minimum Gasteiger partial charge on any atom is -0.364 e. The Hall–Kier alpha value is -2.76. The predicted octanol–water partition coefficient (Wildman–Crippen LogP) is 2.66. The van der Waals surface area contributed by atoms with E-state index in [4.69, 9.17) is 5.73 Å². The van der Waals surface area contributed by atoms with E-state index in [1.54, 1.807) is 12.4 Å². The summed E-state index contributed by atoms with van der Waals surface area (Å²) >= 11 is 0. The number of aromatic nitrogens is 4. The fraction of sp³-hybridized carbons (Fsp3) is 0.294. The zero-order valence-electron chi connectivity index (χ0n) is 13.7. The summed E-state index contributed by atoms with van der Waals surface area (Å²) in [6.07, 6.45) is 3.53. The fourth-order valence-electron chi connectivity index (χ4n) is 2.53. The summed E-state index contributed by atoms with van der Waals surface area (Å²) in [5, 5.41) is 5.16. The molecule has 3 aromatic rings. The van der Waals surface area contributed by atoms with Crippen molar-refractivity contribution in [1.82, 2.24) is 19.7 Å². The molecule has 6 nitrogen and oxygen atoms in total. The number of carbonyl (C=O) groups is 1. The molecule has 2 aromatic heterocycles. The Bertz CT molecular complexity index is 888. The van der Waals surface area contributed by atoms with Crippen molar-refractivity contribution in [3.63, 3.8) is 0 Å². The quantitative estimate of drug-likeness (QED) is 0.788. The summed E-state index contributed by atoms with van der Waals surface area (Å²) in [6.45, 7) is 7.94. The van der Waals surface area contributed by atoms with E-state index >= 15 is 0 Å². The monoisotopic (exact) mass is 309 g/mol. The molecule has 0 saturated carbocycles. The lowest BCUT2D eigenvalue weighted by atomic mass is 10.0. The number of hydrogen-bond donors (Lipinski definition) is 1. The van der Waals surface area contributed by atoms with Gasteiger partial charge in [0.2, 0.25) is 0 Å². The van der Waals surface area contributed by atoms with Crippen molar-refractivity contribution in [1.29, 1.82) is 0 Å². The molecule has 2 N–H and O–H groups in total. The van der Waals surface area contributed by atoms with Crippen LogP contribution in [0, 0.1) is 6.92 Å². The first-order valence-corrected chi connectivity index (χ1v) is 7.39. The molecule has 1 amide bonds. The van der Waals surface area contributed by atoms with E-state index in [9.17, 15) is 4.79 Å². The average Bonchev–Trinajstić information content (AvgIpc) is 2.87. The zero-order valence-corrected chi connectivity index (χ0v) is 13.7. The van der Waals surface area contributed by atoms with Crippen LogP contribution in [0.2, 0.25) is 0 Å². The first-order chi connectivity index (χ1) is 10.8. The van der Waals surface area contributed by atoms with Crippen LogP contribution < -0.4 is 5.73 Å². The highest BCUT2D eigenvalue weighted by Gasteiger charge is 2.22. The molecule has 1 aromatic carbocycles. The minimum atomic E-state index is -0.532. The number of hydrogen-bond acceptors (Lipinski definition) is 4. The van der Waals surface area contributed by atoms with Crippen molar-refractivity contribution < 1.29 is 4.79 Å². The normalized spacial score (nSPS) is 11.8. The van der Waals surface area contributed by atoms with Crippen molar-refractivity contribution in [2.24, 2.45) is 5.73 Å². The van der Waals surface area contributed by atoms with Gasteiger partial charge in [-0.05, 0) is 45.4 Å². The molecule has 0 aliphatic heterocycles. The van der Waals surface area contributed by atoms with Gasteiger partial charge in [0.1, 0.15) is 5.82 Å². The lowest BCUT2D eigenvalue weighted by Gasteiger charge is -2.20. The molecule has 0 fully saturated rings. The Labute approximate surface area is 134 Å². The summed E-state index contributed by atoms with van der Waals surface area (Å²) in [7, 11) is 0. The Morgan fingerprint density at radius 2 is 1.78 bits per heavy atom. The van der Waals surface area contributed by atoms with Crippen LogP contribution >= 0.6 is 0 Å². The van der Waals surface area contributed by atoms with Crippen molar-refractivity contribution in [2.45, 2.75) is 33.2 Å². The summed E-state index contributed by atoms with van der Waals surface area (Å²) in [5.74, 6) is 0.184. The van der Waals surface area contributed by atoms with Gasteiger partial charge in [-0.15, -0.1) is 0 Å². The van der Waals surface area contributed by atoms with Crippen molar-refractivity contribution in [3.05, 3.63) is 42.1 Å². The predicted molar refractivity (Wildman–Crippen MR) is 89.0 cm³/mol. The number of amides is 1. The Balaban J connectivity index is 2.24. The van der Waals surface area contributed by atoms with E-state index in [2.05, 4.69) is 15.1 Å². The molecule has 0 spiro atoms. The van der Waals surface area contributed by atoms with Crippen molar-refractivity contribution in [2.75, 3.05) is 0 Å². The van der Waals surface area contributed by atoms with Crippen molar-refractivity contribution >= 4 is 16.8 Å². The van der Waals surface area contributed by atoms with Crippen LogP contribution in [0.3, 0.4) is 0 Å². The Morgan fingerprint density at radius 1 is 1.13 bits per heavy atom. The lowest BCUT2D eigenvalue weighted by molar-refractivity contribution is 0.0995. The Kier molecular flexibility index (Phi) is 3.39. The number of nitrogens with zero attached hydrogens (tertiary/aromatic N) is 4. The Morgan fingerprint density at radius 3 is 2.35 bits per heavy atom. The maximum absolute atomic E-state index is 11.8. The third-order valence-electron chi connectivity index (χ3n) is 3.66. The first kappa shape index (κ1) is 15.1. The molecule has 0 radical (unpaired) electrons. The number of primary amides is 1. The second-order valence-corrected chi connectivity index (χ2v) is 6.55. The van der Waals surface area contributed by atoms with Crippen LogP contribution in [0.25, 0.3) is 22.0 Å². The van der Waals surface area contributed by atoms with Gasteiger partial charge in [0.25, 0.3) is 5.91 Å². The second kappa shape index (κ2) is 5.15. The van der Waals surface area contributed by atoms with Gasteiger partial charge < -0.3 is 5.73 Å². The number of carbonyl (C=O) groups excluding carboxylic acids is 1. The molecule has 23 heavy (non-hydrogen) atoms. The van der Waals surface area contributed by atoms with E-state index in [0.29, 0.717) is 5.82 Å². The van der Waals surface area contributed by atoms with E-state index in [-0.39, 0.29) is 11.2 Å². The molecule has 3 rings (SSSR count). The van der Waals surface area contributed by atoms with Gasteiger partial charge in [-0.3, -0.25) is 9.48 Å². The number of nitrogens with two attached hydrogens (primary N) is 1. The molecule has 0 saturated heterocycles. The average molecular weight is 309 g/mol. The molecular weight excluding hydrogens is 290 g/mol. The highest BCUT2D eigenvalue weighted by atomic mass is 16.1. The van der Waals surface area contributed by atoms with Gasteiger partial charge in [0, 0.05) is 23.3 Å². The largest absolute Gasteiger partial charge is 0.364 e. The van der Waals surface area contributed by atoms with Gasteiger partial charge in [-0.2, -0.15) is 5.10 Å². The smallest absolute Gasteiger partial charge is 0.269 e. The summed E-state index contributed by atoms with van der Waals surface area (Å²) in [5.41, 5.74) is 8.23. The van der Waals surface area contributed by atoms with Crippen LogP contribution in [0.4, 0.5) is 0 Å². The fourth-order valence-corrected chi connectivity index (χ4v) is 2.53. The van der Waals surface area contributed by atoms with Crippen molar-refractivity contribution in [3.8, 4) is 11.1 Å². The standard InChI is InChI=1S/C17H19N5O/c1-10-19-8-12(9-20-10)11-5-6-14-13(7-11)15(16(18)23)21-22(14)17(2,3)4/h5-9H,1-4H3,(H2,18,23). The van der Waals surface area contributed by atoms with Gasteiger partial charge in [0.15, 0.2) is 5.69 Å². The summed E-state index contributed by atoms with van der Waals surface area (Å²) in [6, 6.07) is 5.85.